The highest BCUT2D eigenvalue weighted by Gasteiger charge is 2.38. The summed E-state index contributed by atoms with van der Waals surface area (Å²) in [6.45, 7) is 2.64. The molecule has 1 heterocycles. The van der Waals surface area contributed by atoms with Crippen molar-refractivity contribution in [3.8, 4) is 11.1 Å². The summed E-state index contributed by atoms with van der Waals surface area (Å²) >= 11 is 8.07. The van der Waals surface area contributed by atoms with Crippen molar-refractivity contribution < 1.29 is 18.1 Å². The van der Waals surface area contributed by atoms with E-state index in [1.807, 2.05) is 97.9 Å². The number of nitro benzene ring substituents is 1. The molecule has 0 aliphatic carbocycles. The molecule has 292 valence electrons. The number of benzene rings is 5. The third kappa shape index (κ3) is 10.3. The van der Waals surface area contributed by atoms with Crippen LogP contribution in [-0.4, -0.2) is 97.1 Å². The number of hydrogen-bond donors (Lipinski definition) is 1. The van der Waals surface area contributed by atoms with E-state index in [1.54, 1.807) is 42.1 Å². The number of hydrogen-bond acceptors (Lipinski definition) is 10. The molecule has 1 amide bonds. The summed E-state index contributed by atoms with van der Waals surface area (Å²) in [5.74, 6) is -0.113. The van der Waals surface area contributed by atoms with Gasteiger partial charge in [-0.2, -0.15) is 12.8 Å². The van der Waals surface area contributed by atoms with Crippen LogP contribution in [0.25, 0.3) is 11.1 Å². The van der Waals surface area contributed by atoms with Gasteiger partial charge in [-0.3, -0.25) is 19.8 Å². The van der Waals surface area contributed by atoms with E-state index in [2.05, 4.69) is 10.2 Å². The summed E-state index contributed by atoms with van der Waals surface area (Å²) < 4.78 is 30.0. The number of anilines is 1. The Balaban J connectivity index is 1.25. The Kier molecular flexibility index (Phi) is 13.8. The minimum atomic E-state index is -4.61. The lowest BCUT2D eigenvalue weighted by molar-refractivity contribution is -0.384. The number of piperazine rings is 1. The molecule has 1 fully saturated rings. The number of thioether (sulfide) groups is 1. The van der Waals surface area contributed by atoms with E-state index in [0.29, 0.717) is 36.8 Å². The Bertz CT molecular complexity index is 2210. The number of hydrazine groups is 1. The van der Waals surface area contributed by atoms with Gasteiger partial charge in [0.05, 0.1) is 9.82 Å². The van der Waals surface area contributed by atoms with Crippen LogP contribution in [0.2, 0.25) is 5.02 Å². The van der Waals surface area contributed by atoms with E-state index in [4.69, 9.17) is 11.6 Å². The zero-order valence-corrected chi connectivity index (χ0v) is 33.7. The number of halogens is 1. The molecule has 56 heavy (non-hydrogen) atoms. The summed E-state index contributed by atoms with van der Waals surface area (Å²) in [6.07, 6.45) is 0.695. The minimum absolute atomic E-state index is 0.160. The lowest BCUT2D eigenvalue weighted by Gasteiger charge is -2.40. The monoisotopic (exact) mass is 812 g/mol. The first-order valence-electron chi connectivity index (χ1n) is 18.3. The maximum Gasteiger partial charge on any atom is 0.293 e. The van der Waals surface area contributed by atoms with Gasteiger partial charge in [0.25, 0.3) is 21.6 Å². The van der Waals surface area contributed by atoms with Crippen molar-refractivity contribution in [1.82, 2.24) is 19.2 Å². The van der Waals surface area contributed by atoms with E-state index in [9.17, 15) is 23.3 Å². The molecule has 0 radical (unpaired) electrons. The lowest BCUT2D eigenvalue weighted by Crippen LogP contribution is -2.57. The Hall–Kier alpha value is -4.76. The predicted octanol–water partition coefficient (Wildman–Crippen LogP) is 8.00. The third-order valence-electron chi connectivity index (χ3n) is 9.52. The van der Waals surface area contributed by atoms with Crippen molar-refractivity contribution in [2.75, 3.05) is 57.9 Å². The van der Waals surface area contributed by atoms with Gasteiger partial charge in [0.15, 0.2) is 0 Å². The molecule has 1 saturated heterocycles. The van der Waals surface area contributed by atoms with E-state index >= 15 is 0 Å². The van der Waals surface area contributed by atoms with E-state index in [1.165, 1.54) is 17.1 Å². The molecule has 0 unspecified atom stereocenters. The van der Waals surface area contributed by atoms with Crippen LogP contribution in [0.1, 0.15) is 22.3 Å². The lowest BCUT2D eigenvalue weighted by atomic mass is 9.99. The van der Waals surface area contributed by atoms with Gasteiger partial charge in [-0.15, -0.1) is 11.8 Å². The summed E-state index contributed by atoms with van der Waals surface area (Å²) in [4.78, 5) is 31.1. The largest absolute Gasteiger partial charge is 0.376 e. The summed E-state index contributed by atoms with van der Waals surface area (Å²) in [5.41, 5.74) is 3.14. The fraction of sp³-hybridized carbons (Fsp3) is 0.262. The number of nitrogens with one attached hydrogen (secondary N) is 1. The highest BCUT2D eigenvalue weighted by Crippen LogP contribution is 2.33. The Morgan fingerprint density at radius 3 is 2.16 bits per heavy atom. The van der Waals surface area contributed by atoms with Crippen LogP contribution in [0, 0.1) is 10.1 Å². The molecule has 1 atom stereocenters. The van der Waals surface area contributed by atoms with Gasteiger partial charge in [-0.1, -0.05) is 84.4 Å². The maximum absolute atomic E-state index is 14.6. The summed E-state index contributed by atoms with van der Waals surface area (Å²) in [6, 6.07) is 37.6. The molecule has 0 saturated carbocycles. The molecular weight excluding hydrogens is 768 g/mol. The van der Waals surface area contributed by atoms with Gasteiger partial charge < -0.3 is 10.2 Å². The second-order valence-corrected chi connectivity index (χ2v) is 17.1. The van der Waals surface area contributed by atoms with Crippen LogP contribution >= 0.6 is 23.4 Å². The van der Waals surface area contributed by atoms with Crippen molar-refractivity contribution in [3.63, 3.8) is 0 Å². The molecule has 0 aromatic heterocycles. The Labute approximate surface area is 338 Å². The average Bonchev–Trinajstić information content (AvgIpc) is 3.20. The summed E-state index contributed by atoms with van der Waals surface area (Å²) in [5, 5.41) is 18.0. The van der Waals surface area contributed by atoms with Gasteiger partial charge >= 0.3 is 0 Å². The van der Waals surface area contributed by atoms with Crippen LogP contribution in [0.15, 0.2) is 137 Å². The first-order valence-corrected chi connectivity index (χ1v) is 21.1. The number of amides is 1. The molecule has 14 heteroatoms. The second-order valence-electron chi connectivity index (χ2n) is 13.8. The van der Waals surface area contributed by atoms with Crippen LogP contribution in [-0.2, 0) is 16.6 Å². The molecule has 1 N–H and O–H groups in total. The van der Waals surface area contributed by atoms with Crippen LogP contribution in [0.5, 0.6) is 0 Å². The number of rotatable bonds is 16. The Morgan fingerprint density at radius 2 is 1.52 bits per heavy atom. The van der Waals surface area contributed by atoms with Gasteiger partial charge in [0.2, 0.25) is 0 Å². The van der Waals surface area contributed by atoms with E-state index in [-0.39, 0.29) is 35.3 Å². The molecule has 0 bridgehead atoms. The topological polar surface area (TPSA) is 119 Å². The molecule has 0 spiro atoms. The molecule has 5 aromatic carbocycles. The van der Waals surface area contributed by atoms with Gasteiger partial charge in [0, 0.05) is 66.1 Å². The van der Waals surface area contributed by atoms with Crippen molar-refractivity contribution in [1.29, 1.82) is 0 Å². The fourth-order valence-electron chi connectivity index (χ4n) is 6.58. The number of nitro groups is 1. The standard InChI is InChI=1S/C42H45ClN6O5S2/c1-45(2)23-22-36(31-55-37-16-10-5-11-17-37)44-40-21-19-38(29-41(40)49(51)52)56(53,54)48(42(50)33-14-8-4-9-15-33)47-26-24-46(25-27-47)30-34-28-35(43)18-20-39(34)32-12-6-3-7-13-32/h3-21,28-29,36,44H,22-27,30-31H2,1-2H3/t36-/m1/s1. The number of carbonyl (C=O) groups excluding carboxylic acids is 1. The smallest absolute Gasteiger partial charge is 0.293 e. The van der Waals surface area contributed by atoms with Crippen LogP contribution < -0.4 is 5.32 Å². The second kappa shape index (κ2) is 18.9. The highest BCUT2D eigenvalue weighted by atomic mass is 35.5. The first-order chi connectivity index (χ1) is 27.0. The molecule has 6 rings (SSSR count). The minimum Gasteiger partial charge on any atom is -0.376 e. The molecule has 1 aliphatic rings. The van der Waals surface area contributed by atoms with Crippen LogP contribution in [0.3, 0.4) is 0 Å². The highest BCUT2D eigenvalue weighted by molar-refractivity contribution is 7.99. The Morgan fingerprint density at radius 1 is 0.875 bits per heavy atom. The van der Waals surface area contributed by atoms with Gasteiger partial charge in [-0.05, 0) is 92.3 Å². The zero-order valence-electron chi connectivity index (χ0n) is 31.3. The molecule has 11 nitrogen and oxygen atoms in total. The maximum atomic E-state index is 14.6. The quantitative estimate of drug-likeness (QED) is 0.0597. The number of nitrogens with zero attached hydrogens (tertiary/aromatic N) is 5. The number of carbonyl (C=O) groups is 1. The zero-order chi connectivity index (χ0) is 39.7. The van der Waals surface area contributed by atoms with Gasteiger partial charge in [-0.25, -0.2) is 5.01 Å². The average molecular weight is 813 g/mol. The normalized spacial score (nSPS) is 14.4. The van der Waals surface area contributed by atoms with Crippen molar-refractivity contribution in [2.45, 2.75) is 28.8 Å². The fourth-order valence-corrected chi connectivity index (χ4v) is 9.26. The summed E-state index contributed by atoms with van der Waals surface area (Å²) in [7, 11) is -0.681. The number of sulfonamides is 1. The van der Waals surface area contributed by atoms with Crippen molar-refractivity contribution in [3.05, 3.63) is 154 Å². The third-order valence-corrected chi connectivity index (χ3v) is 12.6. The van der Waals surface area contributed by atoms with Gasteiger partial charge in [0.1, 0.15) is 5.69 Å². The van der Waals surface area contributed by atoms with E-state index in [0.717, 1.165) is 38.6 Å². The molecule has 1 aliphatic heterocycles. The SMILES string of the molecule is CN(C)CC[C@H](CSc1ccccc1)Nc1ccc(S(=O)(=O)N(C(=O)c2ccccc2)N2CCN(Cc3cc(Cl)ccc3-c3ccccc3)CC2)cc1[N+](=O)[O-]. The van der Waals surface area contributed by atoms with Crippen LogP contribution in [0.4, 0.5) is 11.4 Å². The molecular formula is C42H45ClN6O5S2. The van der Waals surface area contributed by atoms with Crippen molar-refractivity contribution in [2.24, 2.45) is 0 Å². The van der Waals surface area contributed by atoms with E-state index < -0.39 is 26.5 Å². The predicted molar refractivity (Wildman–Crippen MR) is 224 cm³/mol. The molecule has 5 aromatic rings. The first kappa shape index (κ1) is 40.9. The van der Waals surface area contributed by atoms with Crippen molar-refractivity contribution >= 4 is 50.7 Å².